The predicted molar refractivity (Wildman–Crippen MR) is 126 cm³/mol. The number of carbonyl (C=O) groups is 4. The van der Waals surface area contributed by atoms with E-state index in [2.05, 4.69) is 10.2 Å². The van der Waals surface area contributed by atoms with E-state index >= 15 is 0 Å². The molecule has 10 nitrogen and oxygen atoms in total. The largest absolute Gasteiger partial charge is 0.481 e. The molecule has 0 spiro atoms. The lowest BCUT2D eigenvalue weighted by atomic mass is 9.69. The van der Waals surface area contributed by atoms with Crippen LogP contribution >= 0.6 is 0 Å². The fourth-order valence-electron chi connectivity index (χ4n) is 6.14. The summed E-state index contributed by atoms with van der Waals surface area (Å²) in [6.07, 6.45) is 0.930. The van der Waals surface area contributed by atoms with Crippen LogP contribution in [0.2, 0.25) is 0 Å². The van der Waals surface area contributed by atoms with E-state index in [-0.39, 0.29) is 23.8 Å². The number of ketones is 1. The summed E-state index contributed by atoms with van der Waals surface area (Å²) in [5.41, 5.74) is -0.176. The number of fused-ring (bicyclic) bond motifs is 4. The van der Waals surface area contributed by atoms with Crippen molar-refractivity contribution in [3.05, 3.63) is 77.6 Å². The molecule has 6 rings (SSSR count). The number of carbonyl (C=O) groups excluding carboxylic acids is 2. The van der Waals surface area contributed by atoms with Crippen molar-refractivity contribution in [1.82, 2.24) is 19.7 Å². The second-order valence-corrected chi connectivity index (χ2v) is 9.33. The quantitative estimate of drug-likeness (QED) is 0.365. The predicted octanol–water partition coefficient (Wildman–Crippen LogP) is 2.42. The maximum atomic E-state index is 14.4. The summed E-state index contributed by atoms with van der Waals surface area (Å²) in [6.45, 7) is 0.239. The van der Waals surface area contributed by atoms with E-state index in [9.17, 15) is 29.4 Å². The molecular weight excluding hydrogens is 464 g/mol. The molecule has 4 heterocycles. The summed E-state index contributed by atoms with van der Waals surface area (Å²) >= 11 is 0. The van der Waals surface area contributed by atoms with Crippen molar-refractivity contribution in [1.29, 1.82) is 0 Å². The number of rotatable bonds is 5. The highest BCUT2D eigenvalue weighted by Gasteiger charge is 2.63. The van der Waals surface area contributed by atoms with Gasteiger partial charge in [-0.3, -0.25) is 33.7 Å². The molecule has 182 valence electrons. The third-order valence-corrected chi connectivity index (χ3v) is 7.57. The maximum Gasteiger partial charge on any atom is 0.320 e. The lowest BCUT2D eigenvalue weighted by molar-refractivity contribution is -0.155. The number of H-pyrrole nitrogens is 1. The average molecular weight is 486 g/mol. The van der Waals surface area contributed by atoms with Gasteiger partial charge < -0.3 is 10.2 Å². The number of carboxylic acid groups (broad SMARTS) is 2. The van der Waals surface area contributed by atoms with Crippen LogP contribution in [0.25, 0.3) is 11.0 Å². The topological polar surface area (TPSA) is 146 Å². The number of benzene rings is 2. The fourth-order valence-corrected chi connectivity index (χ4v) is 6.14. The van der Waals surface area contributed by atoms with Crippen LogP contribution in [0.1, 0.15) is 46.4 Å². The van der Waals surface area contributed by atoms with Crippen LogP contribution in [-0.4, -0.2) is 66.1 Å². The van der Waals surface area contributed by atoms with Crippen LogP contribution in [0.3, 0.4) is 0 Å². The van der Waals surface area contributed by atoms with E-state index in [1.807, 2.05) is 24.3 Å². The molecule has 2 aliphatic rings. The van der Waals surface area contributed by atoms with Gasteiger partial charge in [0.05, 0.1) is 17.4 Å². The van der Waals surface area contributed by atoms with Gasteiger partial charge in [-0.05, 0) is 48.7 Å². The Labute approximate surface area is 204 Å². The third kappa shape index (κ3) is 2.84. The summed E-state index contributed by atoms with van der Waals surface area (Å²) < 4.78 is 1.57. The first-order valence-electron chi connectivity index (χ1n) is 11.7. The number of likely N-dealkylation sites (tertiary alicyclic amines) is 1. The van der Waals surface area contributed by atoms with Gasteiger partial charge in [0.1, 0.15) is 11.5 Å². The number of aliphatic carboxylic acids is 2. The molecule has 0 amide bonds. The molecule has 3 aromatic heterocycles. The van der Waals surface area contributed by atoms with Gasteiger partial charge in [-0.1, -0.05) is 30.3 Å². The standard InChI is InChI=1S/C26H22N4O6/c31-22-20(24(33)34)17-13-18(28-27-17)21(25(35)36)26(22,14-5-2-1-3-6-14)29-12-4-7-19(29)23(32)30-15-8-9-16(30)11-10-15/h1-3,5-6,8-11,13,19-21H,4,7,12H2,(H,27,28)(H,33,34)(H,35,36). The highest BCUT2D eigenvalue weighted by atomic mass is 16.4. The van der Waals surface area contributed by atoms with Gasteiger partial charge in [-0.2, -0.15) is 5.10 Å². The van der Waals surface area contributed by atoms with Crippen LogP contribution in [0.5, 0.6) is 0 Å². The number of hydrogen-bond acceptors (Lipinski definition) is 6. The molecule has 10 heteroatoms. The van der Waals surface area contributed by atoms with Gasteiger partial charge in [-0.15, -0.1) is 0 Å². The maximum absolute atomic E-state index is 14.4. The summed E-state index contributed by atoms with van der Waals surface area (Å²) in [6, 6.07) is 16.1. The zero-order valence-corrected chi connectivity index (χ0v) is 19.0. The zero-order chi connectivity index (χ0) is 25.2. The van der Waals surface area contributed by atoms with E-state index in [1.54, 1.807) is 39.8 Å². The highest BCUT2D eigenvalue weighted by Crippen LogP contribution is 2.51. The van der Waals surface area contributed by atoms with Crippen LogP contribution in [0.15, 0.2) is 60.7 Å². The number of aromatic nitrogens is 3. The minimum atomic E-state index is -1.97. The Morgan fingerprint density at radius 1 is 0.972 bits per heavy atom. The highest BCUT2D eigenvalue weighted by molar-refractivity contribution is 6.11. The van der Waals surface area contributed by atoms with Gasteiger partial charge in [0, 0.05) is 17.6 Å². The number of carboxylic acids is 2. The molecule has 0 radical (unpaired) electrons. The van der Waals surface area contributed by atoms with Gasteiger partial charge in [0.15, 0.2) is 11.7 Å². The van der Waals surface area contributed by atoms with E-state index < -0.39 is 41.1 Å². The zero-order valence-electron chi connectivity index (χ0n) is 19.0. The van der Waals surface area contributed by atoms with E-state index in [0.717, 1.165) is 0 Å². The summed E-state index contributed by atoms with van der Waals surface area (Å²) in [7, 11) is 0. The molecule has 0 saturated carbocycles. The van der Waals surface area contributed by atoms with Crippen molar-refractivity contribution in [2.45, 2.75) is 36.3 Å². The Kier molecular flexibility index (Phi) is 4.84. The molecule has 1 aliphatic carbocycles. The second-order valence-electron chi connectivity index (χ2n) is 9.33. The van der Waals surface area contributed by atoms with E-state index in [4.69, 9.17) is 0 Å². The molecule has 4 aromatic rings. The molecule has 1 fully saturated rings. The minimum Gasteiger partial charge on any atom is -0.481 e. The molecule has 1 aliphatic heterocycles. The molecule has 36 heavy (non-hydrogen) atoms. The average Bonchev–Trinajstić information content (AvgIpc) is 3.65. The first-order valence-corrected chi connectivity index (χ1v) is 11.7. The first kappa shape index (κ1) is 22.2. The van der Waals surface area contributed by atoms with Crippen LogP contribution in [-0.2, 0) is 19.9 Å². The summed E-state index contributed by atoms with van der Waals surface area (Å²) in [4.78, 5) is 55.3. The normalized spacial score (nSPS) is 26.3. The Morgan fingerprint density at radius 3 is 2.25 bits per heavy atom. The first-order chi connectivity index (χ1) is 17.4. The number of aromatic amines is 1. The third-order valence-electron chi connectivity index (χ3n) is 7.57. The van der Waals surface area contributed by atoms with E-state index in [0.29, 0.717) is 29.4 Å². The lowest BCUT2D eigenvalue weighted by Gasteiger charge is -2.47. The van der Waals surface area contributed by atoms with Crippen molar-refractivity contribution in [3.8, 4) is 0 Å². The lowest BCUT2D eigenvalue weighted by Crippen LogP contribution is -2.62. The van der Waals surface area contributed by atoms with E-state index in [1.165, 1.54) is 6.07 Å². The number of hydrogen-bond donors (Lipinski definition) is 3. The Bertz CT molecular complexity index is 1460. The monoisotopic (exact) mass is 486 g/mol. The molecule has 1 aromatic carbocycles. The van der Waals surface area contributed by atoms with Crippen LogP contribution in [0, 0.1) is 0 Å². The number of Topliss-reactive ketones (excluding diaryl/α,β-unsaturated/α-hetero) is 1. The molecule has 3 N–H and O–H groups in total. The van der Waals surface area contributed by atoms with Gasteiger partial charge >= 0.3 is 11.9 Å². The Hall–Kier alpha value is -4.31. The van der Waals surface area contributed by atoms with Gasteiger partial charge in [-0.25, -0.2) is 0 Å². The Balaban J connectivity index is 1.62. The summed E-state index contributed by atoms with van der Waals surface area (Å²) in [5, 5.41) is 27.3. The van der Waals surface area contributed by atoms with Gasteiger partial charge in [0.25, 0.3) is 0 Å². The molecule has 4 unspecified atom stereocenters. The smallest absolute Gasteiger partial charge is 0.320 e. The SMILES string of the molecule is O=C(O)C1C(=O)C(c2ccccc2)(N2CCCC2C(=O)n2c3ccc2cc3)C(C(=O)O)c2cc1[nH]n2. The van der Waals surface area contributed by atoms with Crippen LogP contribution < -0.4 is 0 Å². The molecule has 1 saturated heterocycles. The molecule has 4 bridgehead atoms. The van der Waals surface area contributed by atoms with Crippen molar-refractivity contribution < 1.29 is 29.4 Å². The summed E-state index contributed by atoms with van der Waals surface area (Å²) in [5.74, 6) is -7.05. The molecule has 4 atom stereocenters. The van der Waals surface area contributed by atoms with Crippen molar-refractivity contribution in [2.24, 2.45) is 0 Å². The number of nitrogens with zero attached hydrogens (tertiary/aromatic N) is 3. The van der Waals surface area contributed by atoms with Crippen molar-refractivity contribution in [2.75, 3.05) is 6.54 Å². The van der Waals surface area contributed by atoms with Gasteiger partial charge in [0.2, 0.25) is 5.91 Å². The van der Waals surface area contributed by atoms with Crippen LogP contribution in [0.4, 0.5) is 0 Å². The Morgan fingerprint density at radius 2 is 1.64 bits per heavy atom. The van der Waals surface area contributed by atoms with Crippen molar-refractivity contribution in [3.63, 3.8) is 0 Å². The molecular formula is C26H22N4O6. The minimum absolute atomic E-state index is 0.0192. The second kappa shape index (κ2) is 7.85. The number of nitrogens with one attached hydrogen (secondary N) is 1. The van der Waals surface area contributed by atoms with Crippen molar-refractivity contribution >= 4 is 34.7 Å². The fraction of sp³-hybridized carbons (Fsp3) is 0.269.